The van der Waals surface area contributed by atoms with E-state index in [-0.39, 0.29) is 28.5 Å². The Kier molecular flexibility index (Phi) is 7.34. The van der Waals surface area contributed by atoms with Gasteiger partial charge >= 0.3 is 6.36 Å². The molecule has 0 radical (unpaired) electrons. The molecule has 1 saturated heterocycles. The fourth-order valence-electron chi connectivity index (χ4n) is 4.05. The number of carbonyl (C=O) groups excluding carboxylic acids is 2. The molecule has 4 rings (SSSR count). The predicted octanol–water partition coefficient (Wildman–Crippen LogP) is 5.95. The summed E-state index contributed by atoms with van der Waals surface area (Å²) >= 11 is 0. The van der Waals surface area contributed by atoms with E-state index in [0.717, 1.165) is 17.0 Å². The number of aromatic hydroxyl groups is 1. The number of anilines is 1. The molecule has 1 fully saturated rings. The van der Waals surface area contributed by atoms with Gasteiger partial charge in [0.15, 0.2) is 0 Å². The summed E-state index contributed by atoms with van der Waals surface area (Å²) in [5.74, 6) is -2.56. The summed E-state index contributed by atoms with van der Waals surface area (Å²) in [7, 11) is 0. The minimum absolute atomic E-state index is 0.0556. The molecule has 38 heavy (non-hydrogen) atoms. The van der Waals surface area contributed by atoms with Crippen molar-refractivity contribution in [2.75, 3.05) is 11.5 Å². The van der Waals surface area contributed by atoms with Crippen molar-refractivity contribution in [3.63, 3.8) is 0 Å². The molecule has 7 nitrogen and oxygen atoms in total. The highest BCUT2D eigenvalue weighted by atomic mass is 19.4. The van der Waals surface area contributed by atoms with Crippen molar-refractivity contribution in [2.45, 2.75) is 26.3 Å². The van der Waals surface area contributed by atoms with Gasteiger partial charge in [-0.3, -0.25) is 14.5 Å². The molecular formula is C28H24F3NO6. The molecule has 1 heterocycles. The Hall–Kier alpha value is -4.47. The maximum atomic E-state index is 13.3. The van der Waals surface area contributed by atoms with Gasteiger partial charge in [0, 0.05) is 17.3 Å². The average molecular weight is 527 g/mol. The number of alkyl halides is 3. The number of ketones is 1. The molecule has 3 aromatic carbocycles. The lowest BCUT2D eigenvalue weighted by atomic mass is 9.95. The summed E-state index contributed by atoms with van der Waals surface area (Å²) in [6.45, 7) is 4.35. The Bertz CT molecular complexity index is 1380. The monoisotopic (exact) mass is 527 g/mol. The van der Waals surface area contributed by atoms with E-state index in [2.05, 4.69) is 4.74 Å². The number of aliphatic hydroxyl groups excluding tert-OH is 1. The summed E-state index contributed by atoms with van der Waals surface area (Å²) in [4.78, 5) is 27.5. The van der Waals surface area contributed by atoms with Crippen LogP contribution < -0.4 is 14.4 Å². The maximum Gasteiger partial charge on any atom is 0.573 e. The Morgan fingerprint density at radius 2 is 1.63 bits per heavy atom. The zero-order valence-corrected chi connectivity index (χ0v) is 20.4. The van der Waals surface area contributed by atoms with E-state index in [1.165, 1.54) is 48.5 Å². The van der Waals surface area contributed by atoms with E-state index < -0.39 is 35.6 Å². The summed E-state index contributed by atoms with van der Waals surface area (Å²) in [6.07, 6.45) is -4.97. The molecule has 0 spiro atoms. The number of benzene rings is 3. The van der Waals surface area contributed by atoms with Gasteiger partial charge in [0.05, 0.1) is 18.2 Å². The van der Waals surface area contributed by atoms with Crippen molar-refractivity contribution in [3.05, 3.63) is 89.5 Å². The van der Waals surface area contributed by atoms with E-state index >= 15 is 0 Å². The van der Waals surface area contributed by atoms with Gasteiger partial charge in [-0.25, -0.2) is 0 Å². The van der Waals surface area contributed by atoms with Crippen LogP contribution in [0.5, 0.6) is 17.2 Å². The van der Waals surface area contributed by atoms with Crippen LogP contribution in [0.2, 0.25) is 0 Å². The first kappa shape index (κ1) is 26.6. The Morgan fingerprint density at radius 1 is 0.974 bits per heavy atom. The Morgan fingerprint density at radius 3 is 2.29 bits per heavy atom. The van der Waals surface area contributed by atoms with Crippen LogP contribution in [0.3, 0.4) is 0 Å². The minimum Gasteiger partial charge on any atom is -0.508 e. The number of carbonyl (C=O) groups is 2. The molecule has 1 unspecified atom stereocenters. The van der Waals surface area contributed by atoms with Gasteiger partial charge in [0.2, 0.25) is 0 Å². The zero-order chi connectivity index (χ0) is 27.6. The van der Waals surface area contributed by atoms with Gasteiger partial charge in [-0.15, -0.1) is 13.2 Å². The second kappa shape index (κ2) is 10.5. The van der Waals surface area contributed by atoms with Crippen LogP contribution in [-0.4, -0.2) is 34.9 Å². The molecule has 1 atom stereocenters. The summed E-state index contributed by atoms with van der Waals surface area (Å²) < 4.78 is 48.2. The second-order valence-corrected chi connectivity index (χ2v) is 9.04. The number of phenols is 1. The number of ether oxygens (including phenoxy) is 2. The minimum atomic E-state index is -4.97. The van der Waals surface area contributed by atoms with E-state index in [1.54, 1.807) is 12.1 Å². The summed E-state index contributed by atoms with van der Waals surface area (Å²) in [5.41, 5.74) is 0.212. The maximum absolute atomic E-state index is 13.3. The third-order valence-corrected chi connectivity index (χ3v) is 5.67. The molecule has 0 saturated carbocycles. The number of rotatable bonds is 7. The van der Waals surface area contributed by atoms with Crippen LogP contribution in [0.15, 0.2) is 78.4 Å². The number of amides is 1. The highest BCUT2D eigenvalue weighted by Gasteiger charge is 2.47. The number of hydrogen-bond donors (Lipinski definition) is 2. The van der Waals surface area contributed by atoms with Crippen LogP contribution >= 0.6 is 0 Å². The fraction of sp³-hybridized carbons (Fsp3) is 0.214. The molecule has 3 aromatic rings. The van der Waals surface area contributed by atoms with Crippen molar-refractivity contribution < 1.29 is 42.4 Å². The van der Waals surface area contributed by atoms with Crippen LogP contribution in [0.25, 0.3) is 5.76 Å². The second-order valence-electron chi connectivity index (χ2n) is 9.04. The topological polar surface area (TPSA) is 96.3 Å². The smallest absolute Gasteiger partial charge is 0.508 e. The quantitative estimate of drug-likeness (QED) is 0.224. The lowest BCUT2D eigenvalue weighted by Gasteiger charge is -2.26. The van der Waals surface area contributed by atoms with Crippen molar-refractivity contribution in [2.24, 2.45) is 5.92 Å². The summed E-state index contributed by atoms with van der Waals surface area (Å²) in [5, 5.41) is 21.0. The number of Topliss-reactive ketones (excluding diaryl/α,β-unsaturated/α-hetero) is 1. The largest absolute Gasteiger partial charge is 0.573 e. The van der Waals surface area contributed by atoms with Crippen molar-refractivity contribution in [1.82, 2.24) is 0 Å². The Labute approximate surface area is 216 Å². The lowest BCUT2D eigenvalue weighted by Crippen LogP contribution is -2.29. The molecule has 0 aliphatic carbocycles. The lowest BCUT2D eigenvalue weighted by molar-refractivity contribution is -0.274. The highest BCUT2D eigenvalue weighted by molar-refractivity contribution is 6.51. The first-order chi connectivity index (χ1) is 17.9. The molecule has 10 heteroatoms. The van der Waals surface area contributed by atoms with Gasteiger partial charge in [0.1, 0.15) is 23.0 Å². The number of nitrogens with zero attached hydrogens (tertiary/aromatic N) is 1. The van der Waals surface area contributed by atoms with Gasteiger partial charge in [-0.1, -0.05) is 44.2 Å². The fourth-order valence-corrected chi connectivity index (χ4v) is 4.05. The molecule has 2 N–H and O–H groups in total. The predicted molar refractivity (Wildman–Crippen MR) is 133 cm³/mol. The molecule has 1 aliphatic rings. The average Bonchev–Trinajstić information content (AvgIpc) is 3.12. The van der Waals surface area contributed by atoms with Crippen molar-refractivity contribution in [1.29, 1.82) is 0 Å². The number of phenolic OH excluding ortho intramolecular Hbond substituents is 1. The van der Waals surface area contributed by atoms with E-state index in [4.69, 9.17) is 4.74 Å². The molecule has 0 aromatic heterocycles. The number of halogens is 3. The van der Waals surface area contributed by atoms with E-state index in [1.807, 2.05) is 13.8 Å². The van der Waals surface area contributed by atoms with Crippen LogP contribution in [0.1, 0.15) is 31.0 Å². The van der Waals surface area contributed by atoms with Crippen LogP contribution in [0, 0.1) is 5.92 Å². The number of aliphatic hydroxyl groups is 1. The van der Waals surface area contributed by atoms with Gasteiger partial charge in [-0.2, -0.15) is 0 Å². The third-order valence-electron chi connectivity index (χ3n) is 5.67. The molecule has 1 aliphatic heterocycles. The van der Waals surface area contributed by atoms with Crippen molar-refractivity contribution >= 4 is 23.1 Å². The molecular weight excluding hydrogens is 503 g/mol. The normalized spacial score (nSPS) is 17.2. The first-order valence-corrected chi connectivity index (χ1v) is 11.6. The van der Waals surface area contributed by atoms with Gasteiger partial charge in [0.25, 0.3) is 11.7 Å². The SMILES string of the molecule is CC(C)COc1cccc(/C(O)=C2\C(=O)C(=O)N(c3cccc(OC(F)(F)F)c3)C2c2ccc(O)cc2)c1. The zero-order valence-electron chi connectivity index (χ0n) is 20.4. The highest BCUT2D eigenvalue weighted by Crippen LogP contribution is 2.43. The van der Waals surface area contributed by atoms with Crippen LogP contribution in [0.4, 0.5) is 18.9 Å². The van der Waals surface area contributed by atoms with Crippen molar-refractivity contribution in [3.8, 4) is 17.2 Å². The van der Waals surface area contributed by atoms with E-state index in [9.17, 15) is 33.0 Å². The van der Waals surface area contributed by atoms with E-state index in [0.29, 0.717) is 17.9 Å². The first-order valence-electron chi connectivity index (χ1n) is 11.6. The molecule has 0 bridgehead atoms. The molecule has 1 amide bonds. The number of hydrogen-bond acceptors (Lipinski definition) is 6. The Balaban J connectivity index is 1.85. The van der Waals surface area contributed by atoms with Crippen LogP contribution in [-0.2, 0) is 9.59 Å². The third kappa shape index (κ3) is 5.74. The molecule has 198 valence electrons. The summed E-state index contributed by atoms with van der Waals surface area (Å²) in [6, 6.07) is 15.4. The van der Waals surface area contributed by atoms with Gasteiger partial charge < -0.3 is 19.7 Å². The standard InChI is InChI=1S/C28H24F3NO6/c1-16(2)15-37-21-7-3-5-18(13-21)25(34)23-24(17-9-11-20(33)12-10-17)32(27(36)26(23)35)19-6-4-8-22(14-19)38-28(29,30)31/h3-14,16,24,33-34H,15H2,1-2H3/b25-23+. The van der Waals surface area contributed by atoms with Gasteiger partial charge in [-0.05, 0) is 47.9 Å².